The van der Waals surface area contributed by atoms with Crippen LogP contribution < -0.4 is 4.72 Å². The average molecular weight is 316 g/mol. The number of aromatic amines is 1. The second kappa shape index (κ2) is 5.14. The van der Waals surface area contributed by atoms with Gasteiger partial charge in [0.2, 0.25) is 0 Å². The van der Waals surface area contributed by atoms with Crippen LogP contribution in [0.4, 0.5) is 5.82 Å². The lowest BCUT2D eigenvalue weighted by Gasteiger charge is -2.08. The molecule has 7 nitrogen and oxygen atoms in total. The summed E-state index contributed by atoms with van der Waals surface area (Å²) in [6, 6.07) is 3.39. The summed E-state index contributed by atoms with van der Waals surface area (Å²) in [5.74, 6) is -0.986. The largest absolute Gasteiger partial charge is 0.478 e. The lowest BCUT2D eigenvalue weighted by atomic mass is 10.2. The van der Waals surface area contributed by atoms with E-state index in [1.54, 1.807) is 6.92 Å². The van der Waals surface area contributed by atoms with Gasteiger partial charge in [0.25, 0.3) is 10.0 Å². The van der Waals surface area contributed by atoms with Crippen LogP contribution in [0.25, 0.3) is 0 Å². The van der Waals surface area contributed by atoms with Crippen molar-refractivity contribution in [3.63, 3.8) is 0 Å². The summed E-state index contributed by atoms with van der Waals surface area (Å²) in [7, 11) is -3.87. The Kier molecular flexibility index (Phi) is 3.69. The molecular formula is C11H10ClN3O4S. The molecule has 20 heavy (non-hydrogen) atoms. The SMILES string of the molecule is Cc1cn[nH]c1NS(=O)(=O)c1ccc(C(=O)O)c(Cl)c1. The molecule has 2 aromatic rings. The van der Waals surface area contributed by atoms with Gasteiger partial charge in [0, 0.05) is 5.56 Å². The number of halogens is 1. The van der Waals surface area contributed by atoms with Crippen LogP contribution in [0.2, 0.25) is 5.02 Å². The van der Waals surface area contributed by atoms with E-state index in [1.165, 1.54) is 12.3 Å². The van der Waals surface area contributed by atoms with Gasteiger partial charge in [-0.25, -0.2) is 13.2 Å². The Labute approximate surface area is 119 Å². The predicted molar refractivity (Wildman–Crippen MR) is 72.5 cm³/mol. The molecule has 0 spiro atoms. The maximum atomic E-state index is 12.1. The molecule has 9 heteroatoms. The second-order valence-electron chi connectivity index (χ2n) is 3.98. The van der Waals surface area contributed by atoms with Crippen LogP contribution in [-0.4, -0.2) is 29.7 Å². The number of rotatable bonds is 4. The Morgan fingerprint density at radius 1 is 1.45 bits per heavy atom. The van der Waals surface area contributed by atoms with Gasteiger partial charge in [-0.3, -0.25) is 9.82 Å². The van der Waals surface area contributed by atoms with Crippen molar-refractivity contribution in [3.8, 4) is 0 Å². The van der Waals surface area contributed by atoms with Gasteiger partial charge in [-0.05, 0) is 25.1 Å². The molecule has 2 rings (SSSR count). The smallest absolute Gasteiger partial charge is 0.337 e. The number of H-pyrrole nitrogens is 1. The number of aryl methyl sites for hydroxylation is 1. The molecule has 1 aromatic carbocycles. The monoisotopic (exact) mass is 315 g/mol. The number of hydrogen-bond acceptors (Lipinski definition) is 4. The van der Waals surface area contributed by atoms with Crippen molar-refractivity contribution < 1.29 is 18.3 Å². The van der Waals surface area contributed by atoms with Crippen LogP contribution >= 0.6 is 11.6 Å². The van der Waals surface area contributed by atoms with Crippen LogP contribution in [0, 0.1) is 6.92 Å². The first-order valence-electron chi connectivity index (χ1n) is 5.37. The summed E-state index contributed by atoms with van der Waals surface area (Å²) in [5, 5.41) is 14.9. The topological polar surface area (TPSA) is 112 Å². The first-order chi connectivity index (χ1) is 9.31. The summed E-state index contributed by atoms with van der Waals surface area (Å²) < 4.78 is 26.5. The van der Waals surface area contributed by atoms with Crippen molar-refractivity contribution in [2.75, 3.05) is 4.72 Å². The molecule has 3 N–H and O–H groups in total. The molecule has 0 amide bonds. The summed E-state index contributed by atoms with van der Waals surface area (Å²) in [5.41, 5.74) is 0.463. The third-order valence-corrected chi connectivity index (χ3v) is 4.21. The number of nitrogens with one attached hydrogen (secondary N) is 2. The highest BCUT2D eigenvalue weighted by Gasteiger charge is 2.19. The van der Waals surface area contributed by atoms with Gasteiger partial charge in [0.1, 0.15) is 5.82 Å². The van der Waals surface area contributed by atoms with E-state index in [-0.39, 0.29) is 21.3 Å². The fourth-order valence-corrected chi connectivity index (χ4v) is 2.92. The number of aromatic carboxylic acids is 1. The Balaban J connectivity index is 2.38. The predicted octanol–water partition coefficient (Wildman–Crippen LogP) is 1.87. The number of nitrogens with zero attached hydrogens (tertiary/aromatic N) is 1. The third-order valence-electron chi connectivity index (χ3n) is 2.55. The number of anilines is 1. The molecule has 1 heterocycles. The number of carboxylic acid groups (broad SMARTS) is 1. The number of benzene rings is 1. The van der Waals surface area contributed by atoms with Gasteiger partial charge < -0.3 is 5.11 Å². The van der Waals surface area contributed by atoms with Crippen molar-refractivity contribution in [3.05, 3.63) is 40.5 Å². The van der Waals surface area contributed by atoms with Crippen molar-refractivity contribution >= 4 is 33.4 Å². The molecule has 0 aliphatic rings. The van der Waals surface area contributed by atoms with Crippen LogP contribution in [0.1, 0.15) is 15.9 Å². The van der Waals surface area contributed by atoms with Crippen LogP contribution in [-0.2, 0) is 10.0 Å². The molecule has 0 aliphatic heterocycles. The Morgan fingerprint density at radius 2 is 2.15 bits per heavy atom. The van der Waals surface area contributed by atoms with Crippen molar-refractivity contribution in [2.45, 2.75) is 11.8 Å². The van der Waals surface area contributed by atoms with E-state index in [4.69, 9.17) is 16.7 Å². The minimum Gasteiger partial charge on any atom is -0.478 e. The van der Waals surface area contributed by atoms with Crippen molar-refractivity contribution in [2.24, 2.45) is 0 Å². The van der Waals surface area contributed by atoms with Gasteiger partial charge in [0.15, 0.2) is 0 Å². The zero-order chi connectivity index (χ0) is 14.9. The second-order valence-corrected chi connectivity index (χ2v) is 6.07. The molecule has 0 saturated carbocycles. The standard InChI is InChI=1S/C11H10ClN3O4S/c1-6-5-13-14-10(6)15-20(18,19)7-2-3-8(11(16)17)9(12)4-7/h2-5H,1H3,(H,16,17)(H2,13,14,15). The zero-order valence-electron chi connectivity index (χ0n) is 10.2. The van der Waals surface area contributed by atoms with E-state index in [0.29, 0.717) is 5.56 Å². The minimum absolute atomic E-state index is 0.137. The third kappa shape index (κ3) is 2.75. The molecule has 0 saturated heterocycles. The first kappa shape index (κ1) is 14.4. The molecule has 1 aromatic heterocycles. The Morgan fingerprint density at radius 3 is 2.65 bits per heavy atom. The molecular weight excluding hydrogens is 306 g/mol. The van der Waals surface area contributed by atoms with E-state index >= 15 is 0 Å². The highest BCUT2D eigenvalue weighted by atomic mass is 35.5. The molecule has 106 valence electrons. The number of carbonyl (C=O) groups is 1. The lowest BCUT2D eigenvalue weighted by Crippen LogP contribution is -2.14. The van der Waals surface area contributed by atoms with Crippen LogP contribution in [0.3, 0.4) is 0 Å². The van der Waals surface area contributed by atoms with E-state index in [9.17, 15) is 13.2 Å². The normalized spacial score (nSPS) is 11.3. The van der Waals surface area contributed by atoms with Gasteiger partial charge >= 0.3 is 5.97 Å². The number of carboxylic acids is 1. The summed E-state index contributed by atoms with van der Waals surface area (Å²) >= 11 is 5.75. The van der Waals surface area contributed by atoms with Gasteiger partial charge in [-0.2, -0.15) is 5.10 Å². The van der Waals surface area contributed by atoms with Crippen molar-refractivity contribution in [1.29, 1.82) is 0 Å². The molecule has 0 fully saturated rings. The zero-order valence-corrected chi connectivity index (χ0v) is 11.8. The minimum atomic E-state index is -3.87. The maximum Gasteiger partial charge on any atom is 0.337 e. The number of sulfonamides is 1. The van der Waals surface area contributed by atoms with Gasteiger partial charge in [-0.1, -0.05) is 11.6 Å². The number of hydrogen-bond donors (Lipinski definition) is 3. The molecule has 0 unspecified atom stereocenters. The van der Waals surface area contributed by atoms with Gasteiger partial charge in [-0.15, -0.1) is 0 Å². The number of aromatic nitrogens is 2. The fourth-order valence-electron chi connectivity index (χ4n) is 1.48. The van der Waals surface area contributed by atoms with Crippen molar-refractivity contribution in [1.82, 2.24) is 10.2 Å². The van der Waals surface area contributed by atoms with Crippen LogP contribution in [0.5, 0.6) is 0 Å². The summed E-state index contributed by atoms with van der Waals surface area (Å²) in [6.45, 7) is 1.68. The molecule has 0 radical (unpaired) electrons. The fraction of sp³-hybridized carbons (Fsp3) is 0.0909. The van der Waals surface area contributed by atoms with E-state index in [1.807, 2.05) is 0 Å². The van der Waals surface area contributed by atoms with E-state index < -0.39 is 16.0 Å². The molecule has 0 atom stereocenters. The summed E-state index contributed by atoms with van der Waals surface area (Å²) in [6.07, 6.45) is 1.47. The van der Waals surface area contributed by atoms with E-state index in [0.717, 1.165) is 12.1 Å². The Hall–Kier alpha value is -2.06. The highest BCUT2D eigenvalue weighted by Crippen LogP contribution is 2.23. The lowest BCUT2D eigenvalue weighted by molar-refractivity contribution is 0.0697. The average Bonchev–Trinajstić information content (AvgIpc) is 2.73. The summed E-state index contributed by atoms with van der Waals surface area (Å²) in [4.78, 5) is 10.7. The highest BCUT2D eigenvalue weighted by molar-refractivity contribution is 7.92. The van der Waals surface area contributed by atoms with Crippen LogP contribution in [0.15, 0.2) is 29.3 Å². The molecule has 0 bridgehead atoms. The molecule has 0 aliphatic carbocycles. The van der Waals surface area contributed by atoms with Gasteiger partial charge in [0.05, 0.1) is 21.7 Å². The van der Waals surface area contributed by atoms with E-state index in [2.05, 4.69) is 14.9 Å². The Bertz CT molecular complexity index is 770. The first-order valence-corrected chi connectivity index (χ1v) is 7.23. The maximum absolute atomic E-state index is 12.1. The quantitative estimate of drug-likeness (QED) is 0.797.